The van der Waals surface area contributed by atoms with Crippen molar-refractivity contribution in [1.82, 2.24) is 0 Å². The second kappa shape index (κ2) is 8.37. The lowest BCUT2D eigenvalue weighted by Gasteiger charge is -2.18. The van der Waals surface area contributed by atoms with Gasteiger partial charge in [0.05, 0.1) is 0 Å². The SMILES string of the molecule is C=Cc1ccc(C(=C(c2ccccc2)c2ccccc2)c2ccccc2)cc1. The fraction of sp³-hybridized carbons (Fsp3) is 0. The predicted molar refractivity (Wildman–Crippen MR) is 121 cm³/mol. The number of hydrogen-bond donors (Lipinski definition) is 0. The van der Waals surface area contributed by atoms with Gasteiger partial charge in [-0.1, -0.05) is 128 Å². The first-order valence-corrected chi connectivity index (χ1v) is 9.50. The Morgan fingerprint density at radius 2 is 0.750 bits per heavy atom. The van der Waals surface area contributed by atoms with E-state index in [9.17, 15) is 0 Å². The smallest absolute Gasteiger partial charge is 0.00268 e. The largest absolute Gasteiger partial charge is 0.0985 e. The standard InChI is InChI=1S/C28H22/c1-2-22-18-20-26(21-19-22)28(25-16-10-5-11-17-25)27(23-12-6-3-7-13-23)24-14-8-4-9-15-24/h2-21H,1H2. The summed E-state index contributed by atoms with van der Waals surface area (Å²) in [7, 11) is 0. The highest BCUT2D eigenvalue weighted by Crippen LogP contribution is 2.36. The highest BCUT2D eigenvalue weighted by atomic mass is 14.2. The first-order chi connectivity index (χ1) is 13.9. The average molecular weight is 358 g/mol. The first kappa shape index (κ1) is 17.8. The van der Waals surface area contributed by atoms with Gasteiger partial charge in [0.15, 0.2) is 0 Å². The molecule has 0 saturated heterocycles. The maximum Gasteiger partial charge on any atom is -0.00268 e. The summed E-state index contributed by atoms with van der Waals surface area (Å²) >= 11 is 0. The van der Waals surface area contributed by atoms with Gasteiger partial charge in [0.1, 0.15) is 0 Å². The van der Waals surface area contributed by atoms with Crippen LogP contribution in [0.3, 0.4) is 0 Å². The monoisotopic (exact) mass is 358 g/mol. The Labute approximate surface area is 167 Å². The summed E-state index contributed by atoms with van der Waals surface area (Å²) in [6.45, 7) is 3.88. The molecule has 0 saturated carbocycles. The fourth-order valence-electron chi connectivity index (χ4n) is 3.51. The zero-order valence-electron chi connectivity index (χ0n) is 15.8. The van der Waals surface area contributed by atoms with Crippen molar-refractivity contribution in [1.29, 1.82) is 0 Å². The average Bonchev–Trinajstić information content (AvgIpc) is 2.79. The molecule has 0 radical (unpaired) electrons. The summed E-state index contributed by atoms with van der Waals surface area (Å²) in [4.78, 5) is 0. The van der Waals surface area contributed by atoms with Gasteiger partial charge in [-0.3, -0.25) is 0 Å². The molecule has 4 aromatic carbocycles. The Morgan fingerprint density at radius 1 is 0.429 bits per heavy atom. The molecule has 0 spiro atoms. The Balaban J connectivity index is 2.07. The molecule has 134 valence electrons. The van der Waals surface area contributed by atoms with Crippen LogP contribution in [0.5, 0.6) is 0 Å². The van der Waals surface area contributed by atoms with Crippen LogP contribution in [-0.4, -0.2) is 0 Å². The Bertz CT molecular complexity index is 1030. The number of benzene rings is 4. The van der Waals surface area contributed by atoms with Crippen LogP contribution in [0.25, 0.3) is 17.2 Å². The molecular formula is C28H22. The van der Waals surface area contributed by atoms with E-state index in [-0.39, 0.29) is 0 Å². The molecule has 0 bridgehead atoms. The van der Waals surface area contributed by atoms with E-state index in [0.29, 0.717) is 0 Å². The summed E-state index contributed by atoms with van der Waals surface area (Å²) in [6.07, 6.45) is 1.88. The van der Waals surface area contributed by atoms with Gasteiger partial charge < -0.3 is 0 Å². The molecule has 0 heteroatoms. The van der Waals surface area contributed by atoms with E-state index in [1.54, 1.807) is 0 Å². The minimum absolute atomic E-state index is 1.12. The molecule has 0 unspecified atom stereocenters. The zero-order chi connectivity index (χ0) is 19.2. The molecule has 0 heterocycles. The van der Waals surface area contributed by atoms with E-state index in [2.05, 4.69) is 122 Å². The lowest BCUT2D eigenvalue weighted by atomic mass is 9.85. The lowest BCUT2D eigenvalue weighted by molar-refractivity contribution is 1.50. The van der Waals surface area contributed by atoms with Crippen molar-refractivity contribution in [2.45, 2.75) is 0 Å². The molecule has 28 heavy (non-hydrogen) atoms. The molecule has 0 atom stereocenters. The van der Waals surface area contributed by atoms with Crippen molar-refractivity contribution < 1.29 is 0 Å². The normalized spacial score (nSPS) is 10.3. The van der Waals surface area contributed by atoms with Crippen molar-refractivity contribution in [3.63, 3.8) is 0 Å². The molecule has 4 rings (SSSR count). The maximum atomic E-state index is 3.88. The van der Waals surface area contributed by atoms with Crippen LogP contribution < -0.4 is 0 Å². The van der Waals surface area contributed by atoms with Crippen LogP contribution >= 0.6 is 0 Å². The van der Waals surface area contributed by atoms with Crippen LogP contribution in [0, 0.1) is 0 Å². The Morgan fingerprint density at radius 3 is 1.07 bits per heavy atom. The van der Waals surface area contributed by atoms with E-state index in [1.165, 1.54) is 33.4 Å². The predicted octanol–water partition coefficient (Wildman–Crippen LogP) is 7.34. The Hall–Kier alpha value is -3.64. The van der Waals surface area contributed by atoms with Crippen molar-refractivity contribution >= 4 is 17.2 Å². The molecule has 0 aliphatic heterocycles. The van der Waals surface area contributed by atoms with Gasteiger partial charge >= 0.3 is 0 Å². The minimum Gasteiger partial charge on any atom is -0.0985 e. The van der Waals surface area contributed by atoms with Gasteiger partial charge in [-0.25, -0.2) is 0 Å². The summed E-state index contributed by atoms with van der Waals surface area (Å²) in [5, 5.41) is 0. The highest BCUT2D eigenvalue weighted by molar-refractivity contribution is 6.04. The number of rotatable bonds is 5. The summed E-state index contributed by atoms with van der Waals surface area (Å²) in [6, 6.07) is 40.5. The third kappa shape index (κ3) is 3.72. The van der Waals surface area contributed by atoms with E-state index in [4.69, 9.17) is 0 Å². The van der Waals surface area contributed by atoms with Gasteiger partial charge in [-0.05, 0) is 39.0 Å². The van der Waals surface area contributed by atoms with Gasteiger partial charge in [-0.2, -0.15) is 0 Å². The van der Waals surface area contributed by atoms with Crippen molar-refractivity contribution in [2.75, 3.05) is 0 Å². The quantitative estimate of drug-likeness (QED) is 0.327. The van der Waals surface area contributed by atoms with Crippen LogP contribution in [0.2, 0.25) is 0 Å². The van der Waals surface area contributed by atoms with Crippen LogP contribution in [0.4, 0.5) is 0 Å². The topological polar surface area (TPSA) is 0 Å². The van der Waals surface area contributed by atoms with E-state index in [1.807, 2.05) is 6.08 Å². The second-order valence-electron chi connectivity index (χ2n) is 6.67. The summed E-state index contributed by atoms with van der Waals surface area (Å²) in [5.74, 6) is 0. The molecule has 0 amide bonds. The third-order valence-corrected chi connectivity index (χ3v) is 4.87. The summed E-state index contributed by atoms with van der Waals surface area (Å²) in [5.41, 5.74) is 8.40. The van der Waals surface area contributed by atoms with Gasteiger partial charge in [-0.15, -0.1) is 0 Å². The number of hydrogen-bond acceptors (Lipinski definition) is 0. The second-order valence-corrected chi connectivity index (χ2v) is 6.67. The molecule has 0 nitrogen and oxygen atoms in total. The molecular weight excluding hydrogens is 336 g/mol. The van der Waals surface area contributed by atoms with Crippen molar-refractivity contribution in [3.8, 4) is 0 Å². The van der Waals surface area contributed by atoms with Crippen LogP contribution in [-0.2, 0) is 0 Å². The van der Waals surface area contributed by atoms with Crippen LogP contribution in [0.1, 0.15) is 27.8 Å². The third-order valence-electron chi connectivity index (χ3n) is 4.87. The molecule has 4 aromatic rings. The minimum atomic E-state index is 1.12. The first-order valence-electron chi connectivity index (χ1n) is 9.50. The van der Waals surface area contributed by atoms with Crippen molar-refractivity contribution in [3.05, 3.63) is 150 Å². The van der Waals surface area contributed by atoms with E-state index < -0.39 is 0 Å². The molecule has 0 aromatic heterocycles. The fourth-order valence-corrected chi connectivity index (χ4v) is 3.51. The van der Waals surface area contributed by atoms with Gasteiger partial charge in [0, 0.05) is 0 Å². The highest BCUT2D eigenvalue weighted by Gasteiger charge is 2.15. The molecule has 0 N–H and O–H groups in total. The van der Waals surface area contributed by atoms with E-state index >= 15 is 0 Å². The van der Waals surface area contributed by atoms with Gasteiger partial charge in [0.2, 0.25) is 0 Å². The molecule has 0 aliphatic rings. The summed E-state index contributed by atoms with van der Waals surface area (Å²) < 4.78 is 0. The molecule has 0 fully saturated rings. The van der Waals surface area contributed by atoms with Crippen molar-refractivity contribution in [2.24, 2.45) is 0 Å². The zero-order valence-corrected chi connectivity index (χ0v) is 15.8. The maximum absolute atomic E-state index is 3.88. The van der Waals surface area contributed by atoms with E-state index in [0.717, 1.165) is 5.56 Å². The van der Waals surface area contributed by atoms with Crippen LogP contribution in [0.15, 0.2) is 122 Å². The lowest BCUT2D eigenvalue weighted by Crippen LogP contribution is -1.97. The Kier molecular flexibility index (Phi) is 5.31. The van der Waals surface area contributed by atoms with Gasteiger partial charge in [0.25, 0.3) is 0 Å². The molecule has 0 aliphatic carbocycles.